The van der Waals surface area contributed by atoms with E-state index in [2.05, 4.69) is 31.9 Å². The Kier molecular flexibility index (Phi) is 5.57. The van der Waals surface area contributed by atoms with E-state index in [-0.39, 0.29) is 29.8 Å². The molecule has 2 aliphatic rings. The number of urea groups is 1. The summed E-state index contributed by atoms with van der Waals surface area (Å²) in [7, 11) is -3.21. The van der Waals surface area contributed by atoms with Gasteiger partial charge < -0.3 is 16.0 Å². The minimum absolute atomic E-state index is 0.00952. The molecule has 2 aliphatic heterocycles. The van der Waals surface area contributed by atoms with Crippen molar-refractivity contribution in [3.63, 3.8) is 0 Å². The van der Waals surface area contributed by atoms with E-state index in [0.717, 1.165) is 15.7 Å². The number of sulfone groups is 1. The minimum Gasteiger partial charge on any atom is -0.332 e. The Hall–Kier alpha value is -1.61. The fourth-order valence-electron chi connectivity index (χ4n) is 3.62. The van der Waals surface area contributed by atoms with Gasteiger partial charge in [-0.25, -0.2) is 13.2 Å². The van der Waals surface area contributed by atoms with Crippen LogP contribution in [0.2, 0.25) is 0 Å². The van der Waals surface area contributed by atoms with Crippen molar-refractivity contribution in [2.75, 3.05) is 11.1 Å². The molecule has 9 heteroatoms. The highest BCUT2D eigenvalue weighted by Crippen LogP contribution is 2.28. The van der Waals surface area contributed by atoms with Crippen LogP contribution in [0.3, 0.4) is 0 Å². The Morgan fingerprint density at radius 1 is 1.31 bits per heavy atom. The summed E-state index contributed by atoms with van der Waals surface area (Å²) in [5, 5.41) is 7.67. The van der Waals surface area contributed by atoms with E-state index in [0.29, 0.717) is 25.7 Å². The Bertz CT molecular complexity index is 827. The summed E-state index contributed by atoms with van der Waals surface area (Å²) in [6, 6.07) is 4.66. The maximum atomic E-state index is 12.2. The van der Waals surface area contributed by atoms with Gasteiger partial charge in [0.1, 0.15) is 0 Å². The molecule has 7 nitrogen and oxygen atoms in total. The first kappa shape index (κ1) is 19.2. The normalized spacial score (nSPS) is 26.1. The number of nitrogens with one attached hydrogen (secondary N) is 3. The highest BCUT2D eigenvalue weighted by molar-refractivity contribution is 9.10. The summed E-state index contributed by atoms with van der Waals surface area (Å²) < 4.78 is 25.4. The molecule has 3 amide bonds. The molecular formula is C17H22BrN3O4S. The summed E-state index contributed by atoms with van der Waals surface area (Å²) in [6.07, 6.45) is 2.01. The number of fused-ring (bicyclic) bond motifs is 1. The van der Waals surface area contributed by atoms with Gasteiger partial charge in [0, 0.05) is 16.6 Å². The highest BCUT2D eigenvalue weighted by atomic mass is 79.9. The Morgan fingerprint density at radius 2 is 2.08 bits per heavy atom. The van der Waals surface area contributed by atoms with Crippen LogP contribution in [0, 0.1) is 6.92 Å². The summed E-state index contributed by atoms with van der Waals surface area (Å²) in [5.74, 6) is -0.0943. The molecule has 2 saturated heterocycles. The molecule has 1 aromatic carbocycles. The third-order valence-corrected chi connectivity index (χ3v) is 7.69. The monoisotopic (exact) mass is 443 g/mol. The lowest BCUT2D eigenvalue weighted by molar-refractivity contribution is -0.116. The number of amides is 3. The Labute approximate surface area is 161 Å². The van der Waals surface area contributed by atoms with Crippen molar-refractivity contribution in [3.05, 3.63) is 28.2 Å². The zero-order valence-corrected chi connectivity index (χ0v) is 16.8. The second-order valence-electron chi connectivity index (χ2n) is 6.87. The van der Waals surface area contributed by atoms with Crippen LogP contribution in [0.25, 0.3) is 0 Å². The predicted octanol–water partition coefficient (Wildman–Crippen LogP) is 2.10. The zero-order chi connectivity index (χ0) is 18.9. The number of halogens is 1. The minimum atomic E-state index is -3.21. The number of benzene rings is 1. The van der Waals surface area contributed by atoms with Crippen LogP contribution in [0.5, 0.6) is 0 Å². The largest absolute Gasteiger partial charge is 0.332 e. The van der Waals surface area contributed by atoms with Crippen molar-refractivity contribution in [2.45, 2.75) is 49.9 Å². The third-order valence-electron chi connectivity index (χ3n) is 4.93. The number of carbonyl (C=O) groups is 2. The Balaban J connectivity index is 1.46. The van der Waals surface area contributed by atoms with Gasteiger partial charge in [0.2, 0.25) is 5.91 Å². The van der Waals surface area contributed by atoms with Gasteiger partial charge >= 0.3 is 6.03 Å². The molecule has 142 valence electrons. The lowest BCUT2D eigenvalue weighted by Crippen LogP contribution is -2.39. The highest BCUT2D eigenvalue weighted by Gasteiger charge is 2.51. The van der Waals surface area contributed by atoms with Crippen LogP contribution in [-0.4, -0.2) is 43.4 Å². The van der Waals surface area contributed by atoms with E-state index >= 15 is 0 Å². The number of carbonyl (C=O) groups excluding carboxylic acids is 2. The average molecular weight is 444 g/mol. The lowest BCUT2D eigenvalue weighted by Gasteiger charge is -2.16. The van der Waals surface area contributed by atoms with Crippen molar-refractivity contribution in [2.24, 2.45) is 0 Å². The molecule has 0 bridgehead atoms. The van der Waals surface area contributed by atoms with Gasteiger partial charge in [0.05, 0.1) is 23.1 Å². The van der Waals surface area contributed by atoms with E-state index in [1.807, 2.05) is 25.1 Å². The maximum Gasteiger partial charge on any atom is 0.315 e. The topological polar surface area (TPSA) is 104 Å². The number of hydrogen-bond donors (Lipinski definition) is 3. The Morgan fingerprint density at radius 3 is 2.81 bits per heavy atom. The van der Waals surface area contributed by atoms with Gasteiger partial charge in [0.25, 0.3) is 0 Å². The number of hydrogen-bond acceptors (Lipinski definition) is 4. The molecule has 0 unspecified atom stereocenters. The average Bonchev–Trinajstić information content (AvgIpc) is 2.99. The predicted molar refractivity (Wildman–Crippen MR) is 103 cm³/mol. The molecule has 0 radical (unpaired) electrons. The van der Waals surface area contributed by atoms with E-state index in [9.17, 15) is 18.0 Å². The number of unbranched alkanes of at least 4 members (excludes halogenated alkanes) is 1. The van der Waals surface area contributed by atoms with Crippen LogP contribution in [0.4, 0.5) is 10.5 Å². The number of aryl methyl sites for hydroxylation is 1. The molecule has 2 fully saturated rings. The molecule has 2 heterocycles. The maximum absolute atomic E-state index is 12.2. The second-order valence-corrected chi connectivity index (χ2v) is 10.1. The van der Waals surface area contributed by atoms with Crippen LogP contribution in [-0.2, 0) is 14.6 Å². The van der Waals surface area contributed by atoms with Crippen molar-refractivity contribution in [3.8, 4) is 0 Å². The number of rotatable bonds is 6. The van der Waals surface area contributed by atoms with E-state index < -0.39 is 15.1 Å². The SMILES string of the molecule is Cc1cc(Br)ccc1NC(=O)CCCC[C@@H]1[C@H]2NC(=O)N[C@@H]2CS1(=O)=O. The van der Waals surface area contributed by atoms with Gasteiger partial charge in [-0.2, -0.15) is 0 Å². The van der Waals surface area contributed by atoms with E-state index in [1.165, 1.54) is 0 Å². The first-order valence-corrected chi connectivity index (χ1v) is 11.1. The third kappa shape index (κ3) is 4.20. The molecule has 0 spiro atoms. The molecule has 0 saturated carbocycles. The van der Waals surface area contributed by atoms with E-state index in [1.54, 1.807) is 0 Å². The molecule has 0 aliphatic carbocycles. The van der Waals surface area contributed by atoms with E-state index in [4.69, 9.17) is 0 Å². The van der Waals surface area contributed by atoms with Crippen molar-refractivity contribution < 1.29 is 18.0 Å². The fourth-order valence-corrected chi connectivity index (χ4v) is 6.36. The molecule has 3 N–H and O–H groups in total. The molecule has 3 rings (SSSR count). The molecule has 26 heavy (non-hydrogen) atoms. The van der Waals surface area contributed by atoms with Crippen LogP contribution in [0.15, 0.2) is 22.7 Å². The molecule has 3 atom stereocenters. The molecule has 1 aromatic rings. The van der Waals surface area contributed by atoms with Crippen molar-refractivity contribution in [1.29, 1.82) is 0 Å². The summed E-state index contributed by atoms with van der Waals surface area (Å²) in [5.41, 5.74) is 1.75. The van der Waals surface area contributed by atoms with Crippen LogP contribution >= 0.6 is 15.9 Å². The smallest absolute Gasteiger partial charge is 0.315 e. The molecular weight excluding hydrogens is 422 g/mol. The van der Waals surface area contributed by atoms with Crippen molar-refractivity contribution in [1.82, 2.24) is 10.6 Å². The van der Waals surface area contributed by atoms with Gasteiger partial charge in [-0.15, -0.1) is 0 Å². The first-order valence-electron chi connectivity index (χ1n) is 8.61. The lowest BCUT2D eigenvalue weighted by atomic mass is 10.0. The standard InChI is InChI=1S/C17H22BrN3O4S/c1-10-8-11(18)6-7-12(10)19-15(22)5-3-2-4-14-16-13(9-26(14,24)25)20-17(23)21-16/h6-8,13-14,16H,2-5,9H2,1H3,(H,19,22)(H2,20,21,23)/t13-,14-,16+/m1/s1. The summed E-state index contributed by atoms with van der Waals surface area (Å²) in [4.78, 5) is 23.5. The summed E-state index contributed by atoms with van der Waals surface area (Å²) >= 11 is 3.39. The zero-order valence-electron chi connectivity index (χ0n) is 14.4. The second kappa shape index (κ2) is 7.56. The fraction of sp³-hybridized carbons (Fsp3) is 0.529. The summed E-state index contributed by atoms with van der Waals surface area (Å²) in [6.45, 7) is 1.92. The van der Waals surface area contributed by atoms with Gasteiger partial charge in [-0.05, 0) is 43.5 Å². The van der Waals surface area contributed by atoms with Gasteiger partial charge in [0.15, 0.2) is 9.84 Å². The van der Waals surface area contributed by atoms with Crippen LogP contribution < -0.4 is 16.0 Å². The number of anilines is 1. The first-order chi connectivity index (χ1) is 12.3. The van der Waals surface area contributed by atoms with Gasteiger partial charge in [-0.3, -0.25) is 4.79 Å². The van der Waals surface area contributed by atoms with Gasteiger partial charge in [-0.1, -0.05) is 22.4 Å². The quantitative estimate of drug-likeness (QED) is 0.462. The molecule has 0 aromatic heterocycles. The van der Waals surface area contributed by atoms with Crippen molar-refractivity contribution >= 4 is 43.4 Å². The van der Waals surface area contributed by atoms with Crippen LogP contribution in [0.1, 0.15) is 31.2 Å².